The molecule has 34 heavy (non-hydrogen) atoms. The van der Waals surface area contributed by atoms with E-state index < -0.39 is 4.92 Å². The summed E-state index contributed by atoms with van der Waals surface area (Å²) in [6.45, 7) is 6.05. The van der Waals surface area contributed by atoms with Crippen molar-refractivity contribution in [3.05, 3.63) is 91.6 Å². The summed E-state index contributed by atoms with van der Waals surface area (Å²) in [6, 6.07) is 13.5. The topological polar surface area (TPSA) is 72.8 Å². The molecule has 8 heteroatoms. The minimum absolute atomic E-state index is 0.102. The lowest BCUT2D eigenvalue weighted by atomic mass is 9.84. The van der Waals surface area contributed by atoms with Gasteiger partial charge in [-0.2, -0.15) is 5.10 Å². The molecule has 0 bridgehead atoms. The predicted octanol–water partition coefficient (Wildman–Crippen LogP) is 7.18. The Morgan fingerprint density at radius 2 is 1.97 bits per heavy atom. The highest BCUT2D eigenvalue weighted by molar-refractivity contribution is 7.07. The molecule has 0 atom stereocenters. The van der Waals surface area contributed by atoms with Gasteiger partial charge in [-0.3, -0.25) is 15.1 Å². The zero-order chi connectivity index (χ0) is 24.1. The second-order valence-corrected chi connectivity index (χ2v) is 9.65. The van der Waals surface area contributed by atoms with Crippen molar-refractivity contribution in [1.82, 2.24) is 4.68 Å². The second kappa shape index (κ2) is 10.9. The average molecular weight is 495 g/mol. The van der Waals surface area contributed by atoms with Crippen LogP contribution in [0, 0.1) is 10.1 Å². The van der Waals surface area contributed by atoms with E-state index in [4.69, 9.17) is 16.7 Å². The monoisotopic (exact) mass is 494 g/mol. The Balaban J connectivity index is 1.73. The lowest BCUT2D eigenvalue weighted by Crippen LogP contribution is -2.14. The van der Waals surface area contributed by atoms with E-state index in [1.807, 2.05) is 12.3 Å². The van der Waals surface area contributed by atoms with E-state index in [9.17, 15) is 10.1 Å². The van der Waals surface area contributed by atoms with Gasteiger partial charge in [0, 0.05) is 22.6 Å². The smallest absolute Gasteiger partial charge is 0.258 e. The molecule has 1 heterocycles. The van der Waals surface area contributed by atoms with Crippen molar-refractivity contribution in [3.63, 3.8) is 0 Å². The lowest BCUT2D eigenvalue weighted by molar-refractivity contribution is -0.384. The van der Waals surface area contributed by atoms with Crippen LogP contribution in [0.1, 0.15) is 56.1 Å². The normalized spacial score (nSPS) is 15.5. The number of nitro groups is 1. The predicted molar refractivity (Wildman–Crippen MR) is 140 cm³/mol. The fourth-order valence-corrected chi connectivity index (χ4v) is 5.32. The standard InChI is InChI=1S/C26H27ClN4O2S/c1-3-15-28-26-30(29-18(2)22-13-14-23(27)24(16-22)31(32)33)25(17-34-26)21-11-9-20(10-12-21)19-7-5-4-6-8-19/h3,9-14,16-17,19H,1,4-8,15H2,2H3. The summed E-state index contributed by atoms with van der Waals surface area (Å²) in [5.74, 6) is 0.650. The second-order valence-electron chi connectivity index (χ2n) is 8.41. The Kier molecular flexibility index (Phi) is 7.75. The first-order valence-electron chi connectivity index (χ1n) is 11.4. The zero-order valence-electron chi connectivity index (χ0n) is 19.1. The summed E-state index contributed by atoms with van der Waals surface area (Å²) < 4.78 is 1.81. The van der Waals surface area contributed by atoms with E-state index in [0.29, 0.717) is 23.7 Å². The maximum absolute atomic E-state index is 11.3. The molecule has 1 fully saturated rings. The molecule has 2 aromatic carbocycles. The summed E-state index contributed by atoms with van der Waals surface area (Å²) in [7, 11) is 0. The van der Waals surface area contributed by atoms with Crippen molar-refractivity contribution >= 4 is 34.3 Å². The molecule has 3 aromatic rings. The Labute approximate surface area is 208 Å². The summed E-state index contributed by atoms with van der Waals surface area (Å²) >= 11 is 7.49. The molecule has 4 rings (SSSR count). The number of hydrogen-bond donors (Lipinski definition) is 0. The Morgan fingerprint density at radius 1 is 1.24 bits per heavy atom. The van der Waals surface area contributed by atoms with Crippen molar-refractivity contribution in [3.8, 4) is 11.3 Å². The van der Waals surface area contributed by atoms with Crippen LogP contribution in [-0.4, -0.2) is 21.9 Å². The van der Waals surface area contributed by atoms with Gasteiger partial charge in [0.1, 0.15) is 5.02 Å². The maximum atomic E-state index is 11.3. The van der Waals surface area contributed by atoms with Crippen LogP contribution in [0.4, 0.5) is 5.69 Å². The summed E-state index contributed by atoms with van der Waals surface area (Å²) in [5, 5.41) is 18.3. The van der Waals surface area contributed by atoms with Crippen molar-refractivity contribution in [2.45, 2.75) is 44.9 Å². The summed E-state index contributed by atoms with van der Waals surface area (Å²) in [5.41, 5.74) is 4.48. The third kappa shape index (κ3) is 5.37. The number of benzene rings is 2. The molecule has 1 aliphatic carbocycles. The molecular weight excluding hydrogens is 468 g/mol. The number of nitrogens with zero attached hydrogens (tertiary/aromatic N) is 4. The Bertz CT molecular complexity index is 1280. The third-order valence-corrected chi connectivity index (χ3v) is 7.31. The quantitative estimate of drug-likeness (QED) is 0.151. The molecule has 1 saturated carbocycles. The van der Waals surface area contributed by atoms with Crippen LogP contribution in [0.3, 0.4) is 0 Å². The molecular formula is C26H27ClN4O2S. The van der Waals surface area contributed by atoms with Gasteiger partial charge >= 0.3 is 0 Å². The van der Waals surface area contributed by atoms with Crippen LogP contribution in [0.15, 0.2) is 70.6 Å². The molecule has 0 N–H and O–H groups in total. The molecule has 0 aliphatic heterocycles. The first kappa shape index (κ1) is 24.1. The molecule has 1 aromatic heterocycles. The van der Waals surface area contributed by atoms with Crippen molar-refractivity contribution in [2.75, 3.05) is 6.54 Å². The lowest BCUT2D eigenvalue weighted by Gasteiger charge is -2.22. The molecule has 0 spiro atoms. The molecule has 0 radical (unpaired) electrons. The van der Waals surface area contributed by atoms with Gasteiger partial charge in [0.05, 0.1) is 22.9 Å². The van der Waals surface area contributed by atoms with Crippen LogP contribution < -0.4 is 4.80 Å². The van der Waals surface area contributed by atoms with Gasteiger partial charge in [-0.25, -0.2) is 4.68 Å². The summed E-state index contributed by atoms with van der Waals surface area (Å²) in [6.07, 6.45) is 8.22. The molecule has 176 valence electrons. The number of halogens is 1. The molecule has 1 aliphatic rings. The largest absolute Gasteiger partial charge is 0.288 e. The fourth-order valence-electron chi connectivity index (χ4n) is 4.29. The van der Waals surface area contributed by atoms with Crippen LogP contribution in [-0.2, 0) is 0 Å². The van der Waals surface area contributed by atoms with Crippen LogP contribution in [0.5, 0.6) is 0 Å². The van der Waals surface area contributed by atoms with E-state index >= 15 is 0 Å². The summed E-state index contributed by atoms with van der Waals surface area (Å²) in [4.78, 5) is 16.2. The zero-order valence-corrected chi connectivity index (χ0v) is 20.7. The number of nitro benzene ring substituents is 1. The number of hydrogen-bond acceptors (Lipinski definition) is 5. The van der Waals surface area contributed by atoms with Gasteiger partial charge in [-0.15, -0.1) is 17.9 Å². The molecule has 6 nitrogen and oxygen atoms in total. The Morgan fingerprint density at radius 3 is 2.65 bits per heavy atom. The van der Waals surface area contributed by atoms with Gasteiger partial charge in [0.25, 0.3) is 5.69 Å². The highest BCUT2D eigenvalue weighted by atomic mass is 35.5. The van der Waals surface area contributed by atoms with Gasteiger partial charge in [-0.1, -0.05) is 67.3 Å². The number of aromatic nitrogens is 1. The van der Waals surface area contributed by atoms with Gasteiger partial charge < -0.3 is 0 Å². The van der Waals surface area contributed by atoms with Gasteiger partial charge in [-0.05, 0) is 37.3 Å². The SMILES string of the molecule is C=CCN=c1scc(-c2ccc(C3CCCCC3)cc2)n1N=C(C)c1ccc(Cl)c([N+](=O)[O-])c1. The first-order chi connectivity index (χ1) is 16.5. The third-order valence-electron chi connectivity index (χ3n) is 6.13. The van der Waals surface area contributed by atoms with Gasteiger partial charge in [0.15, 0.2) is 0 Å². The van der Waals surface area contributed by atoms with E-state index in [0.717, 1.165) is 16.1 Å². The molecule has 0 amide bonds. The van der Waals surface area contributed by atoms with E-state index in [-0.39, 0.29) is 10.7 Å². The highest BCUT2D eigenvalue weighted by Gasteiger charge is 2.17. The average Bonchev–Trinajstić information content (AvgIpc) is 3.25. The van der Waals surface area contributed by atoms with Crippen LogP contribution in [0.25, 0.3) is 11.3 Å². The number of rotatable bonds is 7. The highest BCUT2D eigenvalue weighted by Crippen LogP contribution is 2.33. The van der Waals surface area contributed by atoms with Crippen molar-refractivity contribution in [2.24, 2.45) is 10.1 Å². The van der Waals surface area contributed by atoms with Gasteiger partial charge in [0.2, 0.25) is 4.80 Å². The molecule has 0 unspecified atom stereocenters. The van der Waals surface area contributed by atoms with Crippen LogP contribution >= 0.6 is 22.9 Å². The van der Waals surface area contributed by atoms with E-state index in [1.165, 1.54) is 61.1 Å². The van der Waals surface area contributed by atoms with Crippen molar-refractivity contribution in [1.29, 1.82) is 0 Å². The maximum Gasteiger partial charge on any atom is 0.288 e. The number of thiazole rings is 1. The fraction of sp³-hybridized carbons (Fsp3) is 0.308. The van der Waals surface area contributed by atoms with E-state index in [2.05, 4.69) is 35.8 Å². The minimum atomic E-state index is -0.485. The Hall–Kier alpha value is -3.03. The first-order valence-corrected chi connectivity index (χ1v) is 12.7. The van der Waals surface area contributed by atoms with Crippen LogP contribution in [0.2, 0.25) is 5.02 Å². The molecule has 0 saturated heterocycles. The minimum Gasteiger partial charge on any atom is -0.258 e. The van der Waals surface area contributed by atoms with E-state index in [1.54, 1.807) is 16.8 Å². The van der Waals surface area contributed by atoms with Crippen molar-refractivity contribution < 1.29 is 4.92 Å².